The number of amides is 1. The van der Waals surface area contributed by atoms with Gasteiger partial charge in [0.1, 0.15) is 10.7 Å². The number of carbonyl (C=O) groups is 1. The van der Waals surface area contributed by atoms with E-state index in [1.807, 2.05) is 12.1 Å². The van der Waals surface area contributed by atoms with Gasteiger partial charge in [0, 0.05) is 36.4 Å². The number of likely N-dealkylation sites (N-methyl/N-ethyl adjacent to an activating group) is 1. The van der Waals surface area contributed by atoms with Crippen LogP contribution in [0.2, 0.25) is 0 Å². The van der Waals surface area contributed by atoms with Gasteiger partial charge in [0.25, 0.3) is 5.91 Å². The van der Waals surface area contributed by atoms with Crippen molar-refractivity contribution in [2.75, 3.05) is 26.2 Å². The lowest BCUT2D eigenvalue weighted by Crippen LogP contribution is -2.34. The average Bonchev–Trinajstić information content (AvgIpc) is 3.02. The van der Waals surface area contributed by atoms with Crippen LogP contribution in [0.4, 0.5) is 0 Å². The molecule has 0 saturated carbocycles. The van der Waals surface area contributed by atoms with Crippen molar-refractivity contribution in [2.24, 2.45) is 0 Å². The first-order valence-corrected chi connectivity index (χ1v) is 7.99. The predicted octanol–water partition coefficient (Wildman–Crippen LogP) is 2.28. The van der Waals surface area contributed by atoms with Crippen molar-refractivity contribution < 1.29 is 4.79 Å². The van der Waals surface area contributed by atoms with Crippen molar-refractivity contribution in [3.63, 3.8) is 0 Å². The number of pyridine rings is 1. The summed E-state index contributed by atoms with van der Waals surface area (Å²) in [4.78, 5) is 22.7. The molecule has 0 fully saturated rings. The average molecular weight is 304 g/mol. The number of carbonyl (C=O) groups excluding carboxylic acids is 1. The Labute approximate surface area is 129 Å². The van der Waals surface area contributed by atoms with Gasteiger partial charge in [0.15, 0.2) is 0 Å². The number of nitrogens with zero attached hydrogens (tertiary/aromatic N) is 3. The zero-order chi connectivity index (χ0) is 15.1. The van der Waals surface area contributed by atoms with Crippen molar-refractivity contribution in [1.29, 1.82) is 0 Å². The summed E-state index contributed by atoms with van der Waals surface area (Å²) in [5, 5.41) is 5.55. The van der Waals surface area contributed by atoms with E-state index in [2.05, 4.69) is 34.0 Å². The largest absolute Gasteiger partial charge is 0.349 e. The highest BCUT2D eigenvalue weighted by molar-refractivity contribution is 7.13. The van der Waals surface area contributed by atoms with Crippen molar-refractivity contribution in [1.82, 2.24) is 20.2 Å². The zero-order valence-corrected chi connectivity index (χ0v) is 13.2. The second kappa shape index (κ2) is 7.85. The molecule has 1 amide bonds. The summed E-state index contributed by atoms with van der Waals surface area (Å²) in [6, 6.07) is 3.78. The molecular formula is C15H20N4OS. The summed E-state index contributed by atoms with van der Waals surface area (Å²) in [6.07, 6.45) is 3.45. The fourth-order valence-corrected chi connectivity index (χ4v) is 2.77. The van der Waals surface area contributed by atoms with Gasteiger partial charge >= 0.3 is 0 Å². The Bertz CT molecular complexity index is 566. The highest BCUT2D eigenvalue weighted by atomic mass is 32.1. The van der Waals surface area contributed by atoms with E-state index < -0.39 is 0 Å². The Hall–Kier alpha value is -1.79. The number of hydrogen-bond donors (Lipinski definition) is 1. The third-order valence-corrected chi connectivity index (χ3v) is 4.16. The van der Waals surface area contributed by atoms with Crippen molar-refractivity contribution in [2.45, 2.75) is 13.8 Å². The minimum atomic E-state index is -0.112. The monoisotopic (exact) mass is 304 g/mol. The van der Waals surface area contributed by atoms with E-state index in [9.17, 15) is 4.79 Å². The molecule has 2 rings (SSSR count). The van der Waals surface area contributed by atoms with E-state index in [1.165, 1.54) is 11.3 Å². The van der Waals surface area contributed by atoms with Crippen LogP contribution >= 0.6 is 11.3 Å². The van der Waals surface area contributed by atoms with Gasteiger partial charge in [-0.1, -0.05) is 13.8 Å². The second-order valence-electron chi connectivity index (χ2n) is 4.56. The van der Waals surface area contributed by atoms with Crippen molar-refractivity contribution >= 4 is 17.2 Å². The molecule has 0 atom stereocenters. The first-order valence-electron chi connectivity index (χ1n) is 7.11. The summed E-state index contributed by atoms with van der Waals surface area (Å²) >= 11 is 1.47. The van der Waals surface area contributed by atoms with E-state index in [0.717, 1.165) is 30.2 Å². The van der Waals surface area contributed by atoms with Gasteiger partial charge in [0.2, 0.25) is 0 Å². The van der Waals surface area contributed by atoms with Crippen molar-refractivity contribution in [3.05, 3.63) is 35.6 Å². The molecule has 0 aromatic carbocycles. The first kappa shape index (κ1) is 15.6. The Kier molecular flexibility index (Phi) is 5.83. The molecule has 0 bridgehead atoms. The Morgan fingerprint density at radius 2 is 2.00 bits per heavy atom. The molecule has 0 aliphatic carbocycles. The number of thiazole rings is 1. The summed E-state index contributed by atoms with van der Waals surface area (Å²) in [5.74, 6) is -0.112. The summed E-state index contributed by atoms with van der Waals surface area (Å²) < 4.78 is 0. The predicted molar refractivity (Wildman–Crippen MR) is 85.5 cm³/mol. The van der Waals surface area contributed by atoms with Crippen LogP contribution in [0.3, 0.4) is 0 Å². The molecule has 0 aliphatic heterocycles. The summed E-state index contributed by atoms with van der Waals surface area (Å²) in [7, 11) is 0. The van der Waals surface area contributed by atoms with E-state index in [1.54, 1.807) is 17.8 Å². The molecule has 0 unspecified atom stereocenters. The van der Waals surface area contributed by atoms with Gasteiger partial charge in [-0.3, -0.25) is 9.78 Å². The molecule has 0 saturated heterocycles. The molecular weight excluding hydrogens is 284 g/mol. The van der Waals surface area contributed by atoms with Gasteiger partial charge in [-0.25, -0.2) is 4.98 Å². The van der Waals surface area contributed by atoms with Gasteiger partial charge < -0.3 is 10.2 Å². The van der Waals surface area contributed by atoms with Gasteiger partial charge in [-0.05, 0) is 25.2 Å². The number of aromatic nitrogens is 2. The van der Waals surface area contributed by atoms with Crippen LogP contribution in [0.15, 0.2) is 29.9 Å². The first-order chi connectivity index (χ1) is 10.2. The SMILES string of the molecule is CCN(CC)CCNC(=O)c1csc(-c2ccncc2)n1. The summed E-state index contributed by atoms with van der Waals surface area (Å²) in [6.45, 7) is 7.73. The second-order valence-corrected chi connectivity index (χ2v) is 5.41. The Balaban J connectivity index is 1.91. The standard InChI is InChI=1S/C15H20N4OS/c1-3-19(4-2)10-9-17-14(20)13-11-21-15(18-13)12-5-7-16-8-6-12/h5-8,11H,3-4,9-10H2,1-2H3,(H,17,20). The molecule has 6 heteroatoms. The normalized spacial score (nSPS) is 10.8. The minimum Gasteiger partial charge on any atom is -0.349 e. The van der Waals surface area contributed by atoms with Crippen LogP contribution in [0.5, 0.6) is 0 Å². The fourth-order valence-electron chi connectivity index (χ4n) is 1.96. The molecule has 112 valence electrons. The molecule has 0 aliphatic rings. The van der Waals surface area contributed by atoms with E-state index >= 15 is 0 Å². The molecule has 2 aromatic rings. The van der Waals surface area contributed by atoms with Crippen molar-refractivity contribution in [3.8, 4) is 10.6 Å². The number of rotatable bonds is 7. The quantitative estimate of drug-likeness (QED) is 0.852. The van der Waals surface area contributed by atoms with E-state index in [4.69, 9.17) is 0 Å². The molecule has 2 aromatic heterocycles. The maximum absolute atomic E-state index is 12.0. The molecule has 0 radical (unpaired) electrons. The van der Waals surface area contributed by atoms with E-state index in [-0.39, 0.29) is 5.91 Å². The number of hydrogen-bond acceptors (Lipinski definition) is 5. The molecule has 21 heavy (non-hydrogen) atoms. The van der Waals surface area contributed by atoms with Crippen LogP contribution in [-0.4, -0.2) is 47.0 Å². The highest BCUT2D eigenvalue weighted by Gasteiger charge is 2.11. The molecule has 5 nitrogen and oxygen atoms in total. The van der Waals surface area contributed by atoms with Gasteiger partial charge in [-0.15, -0.1) is 11.3 Å². The third kappa shape index (κ3) is 4.34. The number of nitrogens with one attached hydrogen (secondary N) is 1. The van der Waals surface area contributed by atoms with Crippen LogP contribution in [0.1, 0.15) is 24.3 Å². The van der Waals surface area contributed by atoms with Crippen LogP contribution in [-0.2, 0) is 0 Å². The molecule has 1 N–H and O–H groups in total. The van der Waals surface area contributed by atoms with E-state index in [0.29, 0.717) is 12.2 Å². The smallest absolute Gasteiger partial charge is 0.270 e. The lowest BCUT2D eigenvalue weighted by Gasteiger charge is -2.17. The minimum absolute atomic E-state index is 0.112. The summed E-state index contributed by atoms with van der Waals surface area (Å²) in [5.41, 5.74) is 1.46. The maximum Gasteiger partial charge on any atom is 0.270 e. The Morgan fingerprint density at radius 3 is 2.67 bits per heavy atom. The zero-order valence-electron chi connectivity index (χ0n) is 12.4. The van der Waals surface area contributed by atoms with Gasteiger partial charge in [0.05, 0.1) is 0 Å². The van der Waals surface area contributed by atoms with Crippen LogP contribution < -0.4 is 5.32 Å². The molecule has 2 heterocycles. The fraction of sp³-hybridized carbons (Fsp3) is 0.400. The topological polar surface area (TPSA) is 58.1 Å². The van der Waals surface area contributed by atoms with Crippen LogP contribution in [0, 0.1) is 0 Å². The van der Waals surface area contributed by atoms with Gasteiger partial charge in [-0.2, -0.15) is 0 Å². The third-order valence-electron chi connectivity index (χ3n) is 3.27. The van der Waals surface area contributed by atoms with Crippen LogP contribution in [0.25, 0.3) is 10.6 Å². The lowest BCUT2D eigenvalue weighted by molar-refractivity contribution is 0.0944. The molecule has 0 spiro atoms. The highest BCUT2D eigenvalue weighted by Crippen LogP contribution is 2.22. The Morgan fingerprint density at radius 1 is 1.29 bits per heavy atom. The lowest BCUT2D eigenvalue weighted by atomic mass is 10.3. The maximum atomic E-state index is 12.0.